The lowest BCUT2D eigenvalue weighted by atomic mass is 9.76. The van der Waals surface area contributed by atoms with Crippen LogP contribution in [0, 0.1) is 12.0 Å². The van der Waals surface area contributed by atoms with Crippen LogP contribution in [-0.4, -0.2) is 28.8 Å². The van der Waals surface area contributed by atoms with Crippen molar-refractivity contribution in [2.24, 2.45) is 5.92 Å². The van der Waals surface area contributed by atoms with E-state index in [9.17, 15) is 4.79 Å². The minimum absolute atomic E-state index is 0.279. The van der Waals surface area contributed by atoms with E-state index in [0.29, 0.717) is 31.7 Å². The van der Waals surface area contributed by atoms with Crippen molar-refractivity contribution in [1.82, 2.24) is 14.9 Å². The first kappa shape index (κ1) is 25.2. The van der Waals surface area contributed by atoms with E-state index >= 15 is 4.39 Å². The van der Waals surface area contributed by atoms with Gasteiger partial charge in [0.05, 0.1) is 12.3 Å². The highest BCUT2D eigenvalue weighted by Gasteiger charge is 2.40. The molecule has 1 amide bonds. The van der Waals surface area contributed by atoms with Crippen LogP contribution in [0.2, 0.25) is 0 Å². The van der Waals surface area contributed by atoms with Gasteiger partial charge in [0, 0.05) is 12.7 Å². The molecule has 4 rings (SSSR count). The standard InChI is InChI=1S/C30H32FN3O2/c1-23(2)22-36-29(35)32-20-12-19-27-21-34(28(31)33-27)30(24-13-6-3-7-14-24,25-15-8-4-9-16-25)26-17-10-5-11-18-26/h3-11,13-18,21,23H,12,19-20,22H2,1-2H3,(H,32,35). The van der Waals surface area contributed by atoms with Crippen molar-refractivity contribution < 1.29 is 13.9 Å². The molecule has 0 saturated carbocycles. The largest absolute Gasteiger partial charge is 0.449 e. The molecule has 0 aliphatic heterocycles. The van der Waals surface area contributed by atoms with Gasteiger partial charge in [0.15, 0.2) is 0 Å². The predicted octanol–water partition coefficient (Wildman–Crippen LogP) is 6.18. The normalized spacial score (nSPS) is 11.4. The van der Waals surface area contributed by atoms with Crippen molar-refractivity contribution in [3.8, 4) is 0 Å². The smallest absolute Gasteiger partial charge is 0.407 e. The lowest BCUT2D eigenvalue weighted by Crippen LogP contribution is -2.38. The summed E-state index contributed by atoms with van der Waals surface area (Å²) in [6, 6.07) is 29.8. The molecule has 0 unspecified atom stereocenters. The summed E-state index contributed by atoms with van der Waals surface area (Å²) < 4.78 is 22.5. The molecule has 0 aliphatic carbocycles. The summed E-state index contributed by atoms with van der Waals surface area (Å²) in [7, 11) is 0. The lowest BCUT2D eigenvalue weighted by Gasteiger charge is -2.37. The van der Waals surface area contributed by atoms with Crippen LogP contribution >= 0.6 is 0 Å². The van der Waals surface area contributed by atoms with E-state index in [1.54, 1.807) is 10.8 Å². The Balaban J connectivity index is 1.67. The second-order valence-corrected chi connectivity index (χ2v) is 9.20. The van der Waals surface area contributed by atoms with Gasteiger partial charge in [-0.05, 0) is 35.4 Å². The number of rotatable bonds is 10. The third-order valence-corrected chi connectivity index (χ3v) is 6.08. The summed E-state index contributed by atoms with van der Waals surface area (Å²) in [5, 5.41) is 2.75. The summed E-state index contributed by atoms with van der Waals surface area (Å²) in [5.74, 6) is 0.279. The SMILES string of the molecule is CC(C)COC(=O)NCCCc1cn(C(c2ccccc2)(c2ccccc2)c2ccccc2)c(F)n1. The molecule has 0 saturated heterocycles. The van der Waals surface area contributed by atoms with E-state index < -0.39 is 17.7 Å². The fourth-order valence-electron chi connectivity index (χ4n) is 4.47. The van der Waals surface area contributed by atoms with E-state index in [2.05, 4.69) is 10.3 Å². The maximum absolute atomic E-state index is 15.7. The molecule has 0 atom stereocenters. The minimum Gasteiger partial charge on any atom is -0.449 e. The van der Waals surface area contributed by atoms with Crippen LogP contribution in [0.3, 0.4) is 0 Å². The molecule has 5 nitrogen and oxygen atoms in total. The van der Waals surface area contributed by atoms with Crippen molar-refractivity contribution in [3.63, 3.8) is 0 Å². The fraction of sp³-hybridized carbons (Fsp3) is 0.267. The molecule has 1 heterocycles. The number of aromatic nitrogens is 2. The van der Waals surface area contributed by atoms with Crippen LogP contribution in [0.5, 0.6) is 0 Å². The third-order valence-electron chi connectivity index (χ3n) is 6.08. The van der Waals surface area contributed by atoms with E-state index in [0.717, 1.165) is 16.7 Å². The molecule has 1 N–H and O–H groups in total. The number of hydrogen-bond donors (Lipinski definition) is 1. The predicted molar refractivity (Wildman–Crippen MR) is 139 cm³/mol. The molecule has 1 aromatic heterocycles. The van der Waals surface area contributed by atoms with E-state index in [4.69, 9.17) is 4.74 Å². The van der Waals surface area contributed by atoms with E-state index in [1.165, 1.54) is 0 Å². The molecule has 6 heteroatoms. The lowest BCUT2D eigenvalue weighted by molar-refractivity contribution is 0.133. The summed E-state index contributed by atoms with van der Waals surface area (Å²) in [6.45, 7) is 4.77. The summed E-state index contributed by atoms with van der Waals surface area (Å²) >= 11 is 0. The average Bonchev–Trinajstić information content (AvgIpc) is 3.28. The number of amides is 1. The Bertz CT molecular complexity index is 1140. The van der Waals surface area contributed by atoms with E-state index in [-0.39, 0.29) is 5.92 Å². The minimum atomic E-state index is -0.946. The van der Waals surface area contributed by atoms with Gasteiger partial charge >= 0.3 is 6.09 Å². The number of carbonyl (C=O) groups excluding carboxylic acids is 1. The Morgan fingerprint density at radius 2 is 1.42 bits per heavy atom. The van der Waals surface area contributed by atoms with Crippen molar-refractivity contribution in [2.75, 3.05) is 13.2 Å². The average molecular weight is 486 g/mol. The van der Waals surface area contributed by atoms with Crippen molar-refractivity contribution >= 4 is 6.09 Å². The number of nitrogens with one attached hydrogen (secondary N) is 1. The third kappa shape index (κ3) is 5.48. The number of alkyl carbamates (subject to hydrolysis) is 1. The zero-order valence-electron chi connectivity index (χ0n) is 20.7. The molecule has 4 aromatic rings. The summed E-state index contributed by atoms with van der Waals surface area (Å²) in [4.78, 5) is 16.1. The Morgan fingerprint density at radius 1 is 0.917 bits per heavy atom. The number of nitrogens with zero attached hydrogens (tertiary/aromatic N) is 2. The second kappa shape index (κ2) is 11.7. The van der Waals surface area contributed by atoms with Gasteiger partial charge in [-0.2, -0.15) is 4.39 Å². The molecular formula is C30H32FN3O2. The van der Waals surface area contributed by atoms with Gasteiger partial charge in [0.1, 0.15) is 5.54 Å². The molecule has 0 spiro atoms. The molecule has 186 valence electrons. The zero-order chi connectivity index (χ0) is 25.4. The molecule has 0 fully saturated rings. The van der Waals surface area contributed by atoms with Crippen LogP contribution in [0.1, 0.15) is 42.7 Å². The number of carbonyl (C=O) groups is 1. The number of hydrogen-bond acceptors (Lipinski definition) is 3. The van der Waals surface area contributed by atoms with Gasteiger partial charge in [-0.25, -0.2) is 9.78 Å². The van der Waals surface area contributed by atoms with Gasteiger partial charge in [0.25, 0.3) is 6.08 Å². The van der Waals surface area contributed by atoms with E-state index in [1.807, 2.05) is 105 Å². The van der Waals surface area contributed by atoms with Crippen molar-refractivity contribution in [3.05, 3.63) is 126 Å². The highest BCUT2D eigenvalue weighted by Crippen LogP contribution is 2.41. The number of ether oxygens (including phenoxy) is 1. The summed E-state index contributed by atoms with van der Waals surface area (Å²) in [6.07, 6.45) is 1.92. The van der Waals surface area contributed by atoms with Gasteiger partial charge in [-0.15, -0.1) is 0 Å². The van der Waals surface area contributed by atoms with Crippen LogP contribution < -0.4 is 5.32 Å². The first-order valence-corrected chi connectivity index (χ1v) is 12.3. The molecule has 0 aliphatic rings. The van der Waals surface area contributed by atoms with Gasteiger partial charge in [-0.3, -0.25) is 4.57 Å². The molecular weight excluding hydrogens is 453 g/mol. The molecule has 0 radical (unpaired) electrons. The first-order chi connectivity index (χ1) is 17.5. The van der Waals surface area contributed by atoms with Crippen molar-refractivity contribution in [1.29, 1.82) is 0 Å². The van der Waals surface area contributed by atoms with Crippen LogP contribution in [0.15, 0.2) is 97.2 Å². The molecule has 3 aromatic carbocycles. The quantitative estimate of drug-likeness (QED) is 0.216. The van der Waals surface area contributed by atoms with Crippen molar-refractivity contribution in [2.45, 2.75) is 32.2 Å². The van der Waals surface area contributed by atoms with Crippen LogP contribution in [0.4, 0.5) is 9.18 Å². The highest BCUT2D eigenvalue weighted by atomic mass is 19.1. The van der Waals surface area contributed by atoms with Gasteiger partial charge in [-0.1, -0.05) is 105 Å². The number of aryl methyl sites for hydroxylation is 1. The van der Waals surface area contributed by atoms with Gasteiger partial charge in [0.2, 0.25) is 0 Å². The Hall–Kier alpha value is -3.93. The van der Waals surface area contributed by atoms with Crippen LogP contribution in [0.25, 0.3) is 0 Å². The monoisotopic (exact) mass is 485 g/mol. The Morgan fingerprint density at radius 3 is 1.89 bits per heavy atom. The van der Waals surface area contributed by atoms with Crippen LogP contribution in [-0.2, 0) is 16.7 Å². The Labute approximate surface area is 212 Å². The number of benzene rings is 3. The topological polar surface area (TPSA) is 56.1 Å². The number of halogens is 1. The fourth-order valence-corrected chi connectivity index (χ4v) is 4.47. The number of imidazole rings is 1. The Kier molecular flexibility index (Phi) is 8.16. The maximum Gasteiger partial charge on any atom is 0.407 e. The van der Waals surface area contributed by atoms with Gasteiger partial charge < -0.3 is 10.1 Å². The first-order valence-electron chi connectivity index (χ1n) is 12.3. The summed E-state index contributed by atoms with van der Waals surface area (Å²) in [5.41, 5.74) is 2.47. The molecule has 0 bridgehead atoms. The molecule has 36 heavy (non-hydrogen) atoms. The zero-order valence-corrected chi connectivity index (χ0v) is 20.7. The highest BCUT2D eigenvalue weighted by molar-refractivity contribution is 5.67. The maximum atomic E-state index is 15.7. The second-order valence-electron chi connectivity index (χ2n) is 9.20.